The number of benzene rings is 2. The first-order valence-corrected chi connectivity index (χ1v) is 7.18. The van der Waals surface area contributed by atoms with Crippen LogP contribution in [0.5, 0.6) is 0 Å². The lowest BCUT2D eigenvalue weighted by Crippen LogP contribution is -2.18. The van der Waals surface area contributed by atoms with Gasteiger partial charge in [0, 0.05) is 30.9 Å². The third kappa shape index (κ3) is 3.55. The van der Waals surface area contributed by atoms with Crippen molar-refractivity contribution in [1.29, 1.82) is 0 Å². The molecule has 2 aromatic carbocycles. The summed E-state index contributed by atoms with van der Waals surface area (Å²) in [5.74, 6) is -0.387. The van der Waals surface area contributed by atoms with Gasteiger partial charge in [-0.3, -0.25) is 0 Å². The number of esters is 1. The van der Waals surface area contributed by atoms with Crippen LogP contribution in [0.2, 0.25) is 0 Å². The number of hydrogen-bond donors (Lipinski definition) is 0. The van der Waals surface area contributed by atoms with Crippen LogP contribution in [-0.4, -0.2) is 20.1 Å². The Morgan fingerprint density at radius 3 is 2.23 bits per heavy atom. The molecule has 2 rings (SSSR count). The molecule has 22 heavy (non-hydrogen) atoms. The fourth-order valence-corrected chi connectivity index (χ4v) is 2.26. The van der Waals surface area contributed by atoms with Crippen LogP contribution in [0, 0.1) is 0 Å². The van der Waals surface area contributed by atoms with Gasteiger partial charge < -0.3 is 9.64 Å². The van der Waals surface area contributed by atoms with E-state index in [-0.39, 0.29) is 5.97 Å². The fraction of sp³-hybridized carbons (Fsp3) is 0.211. The molecule has 0 aliphatic heterocycles. The van der Waals surface area contributed by atoms with E-state index in [2.05, 4.69) is 6.58 Å². The highest BCUT2D eigenvalue weighted by Crippen LogP contribution is 2.33. The second-order valence-electron chi connectivity index (χ2n) is 5.43. The van der Waals surface area contributed by atoms with Crippen molar-refractivity contribution >= 4 is 11.7 Å². The summed E-state index contributed by atoms with van der Waals surface area (Å²) in [6.07, 6.45) is -0.455. The zero-order valence-electron chi connectivity index (χ0n) is 13.2. The van der Waals surface area contributed by atoms with Crippen LogP contribution in [-0.2, 0) is 9.53 Å². The summed E-state index contributed by atoms with van der Waals surface area (Å²) in [7, 11) is 3.95. The van der Waals surface area contributed by atoms with Crippen LogP contribution in [0.25, 0.3) is 0 Å². The third-order valence-electron chi connectivity index (χ3n) is 3.38. The molecular formula is C19H21NO2. The van der Waals surface area contributed by atoms with Crippen molar-refractivity contribution in [3.05, 3.63) is 77.9 Å². The largest absolute Gasteiger partial charge is 0.449 e. The van der Waals surface area contributed by atoms with Crippen molar-refractivity contribution in [3.8, 4) is 0 Å². The highest BCUT2D eigenvalue weighted by atomic mass is 16.5. The molecule has 0 aromatic heterocycles. The number of rotatable bonds is 5. The summed E-state index contributed by atoms with van der Waals surface area (Å²) in [4.78, 5) is 14.1. The van der Waals surface area contributed by atoms with Gasteiger partial charge in [0.2, 0.25) is 0 Å². The number of ether oxygens (including phenoxy) is 1. The Morgan fingerprint density at radius 2 is 1.64 bits per heavy atom. The highest BCUT2D eigenvalue weighted by Gasteiger charge is 2.22. The number of nitrogens with zero attached hydrogens (tertiary/aromatic N) is 1. The van der Waals surface area contributed by atoms with Crippen LogP contribution >= 0.6 is 0 Å². The van der Waals surface area contributed by atoms with Crippen LogP contribution in [0.15, 0.2) is 66.7 Å². The molecule has 114 valence electrons. The van der Waals surface area contributed by atoms with E-state index in [4.69, 9.17) is 4.74 Å². The van der Waals surface area contributed by atoms with Gasteiger partial charge in [-0.2, -0.15) is 0 Å². The van der Waals surface area contributed by atoms with Crippen LogP contribution < -0.4 is 4.90 Å². The predicted molar refractivity (Wildman–Crippen MR) is 90.0 cm³/mol. The van der Waals surface area contributed by atoms with Crippen molar-refractivity contribution < 1.29 is 9.53 Å². The Balaban J connectivity index is 2.49. The molecule has 0 radical (unpaired) electrons. The zero-order valence-corrected chi connectivity index (χ0v) is 13.2. The topological polar surface area (TPSA) is 29.5 Å². The molecule has 0 aliphatic rings. The minimum absolute atomic E-state index is 0.387. The van der Waals surface area contributed by atoms with E-state index in [0.29, 0.717) is 5.57 Å². The van der Waals surface area contributed by atoms with Gasteiger partial charge in [0.05, 0.1) is 0 Å². The van der Waals surface area contributed by atoms with Gasteiger partial charge in [-0.15, -0.1) is 0 Å². The first-order chi connectivity index (χ1) is 10.5. The maximum absolute atomic E-state index is 12.0. The van der Waals surface area contributed by atoms with Gasteiger partial charge >= 0.3 is 5.97 Å². The summed E-state index contributed by atoms with van der Waals surface area (Å²) in [5, 5.41) is 0. The summed E-state index contributed by atoms with van der Waals surface area (Å²) >= 11 is 0. The number of carbonyl (C=O) groups is 1. The molecule has 0 heterocycles. The molecule has 3 nitrogen and oxygen atoms in total. The minimum atomic E-state index is -0.455. The number of anilines is 1. The molecule has 1 unspecified atom stereocenters. The van der Waals surface area contributed by atoms with Crippen LogP contribution in [0.3, 0.4) is 0 Å². The highest BCUT2D eigenvalue weighted by molar-refractivity contribution is 5.87. The lowest BCUT2D eigenvalue weighted by atomic mass is 9.99. The van der Waals surface area contributed by atoms with Gasteiger partial charge in [0.25, 0.3) is 0 Å². The maximum atomic E-state index is 12.0. The van der Waals surface area contributed by atoms with Gasteiger partial charge in [-0.05, 0) is 18.6 Å². The van der Waals surface area contributed by atoms with Gasteiger partial charge in [0.1, 0.15) is 0 Å². The molecule has 0 aliphatic carbocycles. The minimum Gasteiger partial charge on any atom is -0.449 e. The molecule has 2 aromatic rings. The SMILES string of the molecule is C=C(C)C(=O)OC(c1ccccc1)c1ccccc1N(C)C. The second-order valence-corrected chi connectivity index (χ2v) is 5.43. The second kappa shape index (κ2) is 6.94. The van der Waals surface area contributed by atoms with Gasteiger partial charge in [-0.25, -0.2) is 4.79 Å². The molecule has 0 amide bonds. The Hall–Kier alpha value is -2.55. The molecule has 0 saturated carbocycles. The van der Waals surface area contributed by atoms with Crippen LogP contribution in [0.4, 0.5) is 5.69 Å². The monoisotopic (exact) mass is 295 g/mol. The molecule has 0 N–H and O–H groups in total. The van der Waals surface area contributed by atoms with Crippen molar-refractivity contribution in [2.45, 2.75) is 13.0 Å². The van der Waals surface area contributed by atoms with Gasteiger partial charge in [0.15, 0.2) is 6.10 Å². The quantitative estimate of drug-likeness (QED) is 0.617. The average molecular weight is 295 g/mol. The standard InChI is InChI=1S/C19H21NO2/c1-14(2)19(21)22-18(15-10-6-5-7-11-15)16-12-8-9-13-17(16)20(3)4/h5-13,18H,1H2,2-4H3. The Bertz CT molecular complexity index is 662. The Labute approximate surface area is 131 Å². The lowest BCUT2D eigenvalue weighted by molar-refractivity contribution is -0.142. The summed E-state index contributed by atoms with van der Waals surface area (Å²) in [5.41, 5.74) is 3.30. The first-order valence-electron chi connectivity index (χ1n) is 7.18. The third-order valence-corrected chi connectivity index (χ3v) is 3.38. The van der Waals surface area contributed by atoms with Crippen molar-refractivity contribution in [2.24, 2.45) is 0 Å². The first kappa shape index (κ1) is 15.8. The molecular weight excluding hydrogens is 274 g/mol. The summed E-state index contributed by atoms with van der Waals surface area (Å²) in [6, 6.07) is 17.7. The normalized spacial score (nSPS) is 11.6. The molecule has 1 atom stereocenters. The molecule has 0 bridgehead atoms. The molecule has 0 fully saturated rings. The average Bonchev–Trinajstić information content (AvgIpc) is 2.53. The van der Waals surface area contributed by atoms with Crippen molar-refractivity contribution in [1.82, 2.24) is 0 Å². The van der Waals surface area contributed by atoms with E-state index in [1.165, 1.54) is 0 Å². The Morgan fingerprint density at radius 1 is 1.05 bits per heavy atom. The lowest BCUT2D eigenvalue weighted by Gasteiger charge is -2.24. The number of carbonyl (C=O) groups excluding carboxylic acids is 1. The number of hydrogen-bond acceptors (Lipinski definition) is 3. The smallest absolute Gasteiger partial charge is 0.334 e. The number of para-hydroxylation sites is 1. The van der Waals surface area contributed by atoms with E-state index in [0.717, 1.165) is 16.8 Å². The van der Waals surface area contributed by atoms with Gasteiger partial charge in [-0.1, -0.05) is 55.1 Å². The van der Waals surface area contributed by atoms with E-state index < -0.39 is 6.10 Å². The van der Waals surface area contributed by atoms with Crippen LogP contribution in [0.1, 0.15) is 24.2 Å². The molecule has 0 saturated heterocycles. The van der Waals surface area contributed by atoms with E-state index in [1.54, 1.807) is 6.92 Å². The molecule has 0 spiro atoms. The van der Waals surface area contributed by atoms with Crippen molar-refractivity contribution in [3.63, 3.8) is 0 Å². The van der Waals surface area contributed by atoms with E-state index in [1.807, 2.05) is 73.6 Å². The zero-order chi connectivity index (χ0) is 16.1. The predicted octanol–water partition coefficient (Wildman–Crippen LogP) is 3.96. The maximum Gasteiger partial charge on any atom is 0.334 e. The fourth-order valence-electron chi connectivity index (χ4n) is 2.26. The summed E-state index contributed by atoms with van der Waals surface area (Å²) < 4.78 is 5.71. The van der Waals surface area contributed by atoms with Crippen molar-refractivity contribution in [2.75, 3.05) is 19.0 Å². The Kier molecular flexibility index (Phi) is 4.99. The van der Waals surface area contributed by atoms with E-state index >= 15 is 0 Å². The summed E-state index contributed by atoms with van der Waals surface area (Å²) in [6.45, 7) is 5.32. The molecule has 3 heteroatoms. The van der Waals surface area contributed by atoms with E-state index in [9.17, 15) is 4.79 Å².